The summed E-state index contributed by atoms with van der Waals surface area (Å²) in [5.74, 6) is 0.845. The monoisotopic (exact) mass is 417 g/mol. The summed E-state index contributed by atoms with van der Waals surface area (Å²) in [6.45, 7) is 1.51. The molecule has 1 aromatic heterocycles. The minimum atomic E-state index is -0.607. The maximum absolute atomic E-state index is 12.8. The first-order chi connectivity index (χ1) is 15.1. The summed E-state index contributed by atoms with van der Waals surface area (Å²) in [5.41, 5.74) is 4.88. The highest BCUT2D eigenvalue weighted by molar-refractivity contribution is 5.79. The van der Waals surface area contributed by atoms with Crippen LogP contribution in [-0.2, 0) is 11.8 Å². The van der Waals surface area contributed by atoms with Gasteiger partial charge >= 0.3 is 6.09 Å². The number of hydrogen-bond acceptors (Lipinski definition) is 4. The quantitative estimate of drug-likeness (QED) is 0.694. The van der Waals surface area contributed by atoms with Crippen LogP contribution < -0.4 is 0 Å². The molecule has 1 amide bonds. The Morgan fingerprint density at radius 3 is 2.29 bits per heavy atom. The molecule has 1 N–H and O–H groups in total. The molecule has 31 heavy (non-hydrogen) atoms. The Balaban J connectivity index is 1.20. The average molecular weight is 418 g/mol. The number of carbonyl (C=O) groups is 1. The van der Waals surface area contributed by atoms with E-state index in [1.165, 1.54) is 22.3 Å². The lowest BCUT2D eigenvalue weighted by atomic mass is 9.91. The summed E-state index contributed by atoms with van der Waals surface area (Å²) in [5, 5.41) is 10.7. The molecule has 2 aromatic carbocycles. The first-order valence-corrected chi connectivity index (χ1v) is 10.9. The Kier molecular flexibility index (Phi) is 5.24. The molecule has 0 saturated carbocycles. The van der Waals surface area contributed by atoms with Crippen molar-refractivity contribution in [1.82, 2.24) is 14.5 Å². The van der Waals surface area contributed by atoms with Gasteiger partial charge in [0.15, 0.2) is 0 Å². The number of rotatable bonds is 4. The molecule has 6 heteroatoms. The SMILES string of the molecule is Cn1ccnc1C(O)C1CCN(C(=O)OCC2c3ccccc3-c3ccccc32)CC1. The highest BCUT2D eigenvalue weighted by Crippen LogP contribution is 2.44. The molecule has 0 spiro atoms. The number of aliphatic hydroxyl groups is 1. The van der Waals surface area contributed by atoms with E-state index in [0.29, 0.717) is 25.5 Å². The lowest BCUT2D eigenvalue weighted by Crippen LogP contribution is -2.40. The molecule has 6 nitrogen and oxygen atoms in total. The number of hydrogen-bond donors (Lipinski definition) is 1. The molecule has 0 bridgehead atoms. The first kappa shape index (κ1) is 19.8. The number of benzene rings is 2. The maximum atomic E-state index is 12.8. The molecular weight excluding hydrogens is 390 g/mol. The number of likely N-dealkylation sites (tertiary alicyclic amines) is 1. The minimum absolute atomic E-state index is 0.0686. The zero-order valence-electron chi connectivity index (χ0n) is 17.6. The van der Waals surface area contributed by atoms with E-state index < -0.39 is 6.10 Å². The molecule has 1 saturated heterocycles. The number of carbonyl (C=O) groups excluding carboxylic acids is 1. The molecule has 1 unspecified atom stereocenters. The molecule has 0 radical (unpaired) electrons. The van der Waals surface area contributed by atoms with Crippen LogP contribution in [0, 0.1) is 5.92 Å². The number of aromatic nitrogens is 2. The van der Waals surface area contributed by atoms with Crippen LogP contribution >= 0.6 is 0 Å². The second-order valence-electron chi connectivity index (χ2n) is 8.47. The summed E-state index contributed by atoms with van der Waals surface area (Å²) in [7, 11) is 1.89. The summed E-state index contributed by atoms with van der Waals surface area (Å²) >= 11 is 0. The van der Waals surface area contributed by atoms with Crippen molar-refractivity contribution < 1.29 is 14.6 Å². The number of piperidine rings is 1. The minimum Gasteiger partial charge on any atom is -0.448 e. The van der Waals surface area contributed by atoms with Crippen molar-refractivity contribution in [3.05, 3.63) is 77.9 Å². The van der Waals surface area contributed by atoms with E-state index in [1.54, 1.807) is 11.1 Å². The summed E-state index contributed by atoms with van der Waals surface area (Å²) in [6, 6.07) is 16.7. The van der Waals surface area contributed by atoms with E-state index in [1.807, 2.05) is 42.1 Å². The van der Waals surface area contributed by atoms with Crippen LogP contribution in [0.3, 0.4) is 0 Å². The second kappa shape index (κ2) is 8.19. The summed E-state index contributed by atoms with van der Waals surface area (Å²) in [6.07, 6.45) is 4.13. The molecule has 1 atom stereocenters. The number of nitrogens with zero attached hydrogens (tertiary/aromatic N) is 3. The highest BCUT2D eigenvalue weighted by atomic mass is 16.6. The fourth-order valence-electron chi connectivity index (χ4n) is 4.96. The third kappa shape index (κ3) is 3.61. The maximum Gasteiger partial charge on any atom is 0.409 e. The van der Waals surface area contributed by atoms with Crippen molar-refractivity contribution in [3.8, 4) is 11.1 Å². The van der Waals surface area contributed by atoms with E-state index in [-0.39, 0.29) is 17.9 Å². The number of aryl methyl sites for hydroxylation is 1. The fourth-order valence-corrected chi connectivity index (χ4v) is 4.96. The van der Waals surface area contributed by atoms with Crippen LogP contribution in [0.25, 0.3) is 11.1 Å². The molecule has 1 aliphatic carbocycles. The molecule has 1 fully saturated rings. The van der Waals surface area contributed by atoms with Crippen LogP contribution in [0.5, 0.6) is 0 Å². The topological polar surface area (TPSA) is 67.6 Å². The Hall–Kier alpha value is -3.12. The molecule has 2 heterocycles. The van der Waals surface area contributed by atoms with Crippen molar-refractivity contribution in [2.45, 2.75) is 24.9 Å². The van der Waals surface area contributed by atoms with Crippen LogP contribution in [-0.4, -0.2) is 45.3 Å². The number of imidazole rings is 1. The first-order valence-electron chi connectivity index (χ1n) is 10.9. The molecule has 1 aliphatic heterocycles. The van der Waals surface area contributed by atoms with Crippen LogP contribution in [0.4, 0.5) is 4.79 Å². The van der Waals surface area contributed by atoms with Gasteiger partial charge < -0.3 is 19.3 Å². The van der Waals surface area contributed by atoms with E-state index in [4.69, 9.17) is 4.74 Å². The second-order valence-corrected chi connectivity index (χ2v) is 8.47. The van der Waals surface area contributed by atoms with Crippen molar-refractivity contribution >= 4 is 6.09 Å². The van der Waals surface area contributed by atoms with Crippen LogP contribution in [0.2, 0.25) is 0 Å². The third-order valence-electron chi connectivity index (χ3n) is 6.70. The molecule has 160 valence electrons. The van der Waals surface area contributed by atoms with Gasteiger partial charge in [-0.05, 0) is 41.0 Å². The van der Waals surface area contributed by atoms with Gasteiger partial charge in [0.1, 0.15) is 18.5 Å². The van der Waals surface area contributed by atoms with Gasteiger partial charge in [-0.25, -0.2) is 9.78 Å². The number of amides is 1. The van der Waals surface area contributed by atoms with Gasteiger partial charge in [-0.15, -0.1) is 0 Å². The van der Waals surface area contributed by atoms with Crippen molar-refractivity contribution in [1.29, 1.82) is 0 Å². The molecular formula is C25H27N3O3. The Morgan fingerprint density at radius 1 is 1.10 bits per heavy atom. The lowest BCUT2D eigenvalue weighted by molar-refractivity contribution is 0.0412. The predicted molar refractivity (Wildman–Crippen MR) is 118 cm³/mol. The number of fused-ring (bicyclic) bond motifs is 3. The van der Waals surface area contributed by atoms with Gasteiger partial charge in [0.25, 0.3) is 0 Å². The lowest BCUT2D eigenvalue weighted by Gasteiger charge is -2.33. The fraction of sp³-hybridized carbons (Fsp3) is 0.360. The van der Waals surface area contributed by atoms with Gasteiger partial charge in [0.05, 0.1) is 0 Å². The van der Waals surface area contributed by atoms with Crippen molar-refractivity contribution in [3.63, 3.8) is 0 Å². The van der Waals surface area contributed by atoms with Crippen LogP contribution in [0.15, 0.2) is 60.9 Å². The van der Waals surface area contributed by atoms with E-state index in [2.05, 4.69) is 29.2 Å². The summed E-state index contributed by atoms with van der Waals surface area (Å²) in [4.78, 5) is 18.8. The Morgan fingerprint density at radius 2 is 1.71 bits per heavy atom. The van der Waals surface area contributed by atoms with E-state index >= 15 is 0 Å². The van der Waals surface area contributed by atoms with Gasteiger partial charge in [0.2, 0.25) is 0 Å². The molecule has 3 aromatic rings. The zero-order valence-corrected chi connectivity index (χ0v) is 17.6. The third-order valence-corrected chi connectivity index (χ3v) is 6.70. The smallest absolute Gasteiger partial charge is 0.409 e. The Bertz CT molecular complexity index is 1040. The molecule has 2 aliphatic rings. The van der Waals surface area contributed by atoms with Gasteiger partial charge in [-0.2, -0.15) is 0 Å². The van der Waals surface area contributed by atoms with Gasteiger partial charge in [-0.3, -0.25) is 0 Å². The normalized spacial score (nSPS) is 17.3. The average Bonchev–Trinajstić information content (AvgIpc) is 3.38. The number of ether oxygens (including phenoxy) is 1. The van der Waals surface area contributed by atoms with Crippen molar-refractivity contribution in [2.75, 3.05) is 19.7 Å². The predicted octanol–water partition coefficient (Wildman–Crippen LogP) is 4.11. The highest BCUT2D eigenvalue weighted by Gasteiger charge is 2.32. The van der Waals surface area contributed by atoms with Crippen molar-refractivity contribution in [2.24, 2.45) is 13.0 Å². The summed E-state index contributed by atoms with van der Waals surface area (Å²) < 4.78 is 7.62. The Labute approximate surface area is 182 Å². The number of aliphatic hydroxyl groups excluding tert-OH is 1. The van der Waals surface area contributed by atoms with E-state index in [9.17, 15) is 9.90 Å². The van der Waals surface area contributed by atoms with Crippen LogP contribution in [0.1, 0.15) is 41.8 Å². The standard InChI is InChI=1S/C25H27N3O3/c1-27-15-12-26-24(27)23(29)17-10-13-28(14-11-17)25(30)31-16-22-20-8-4-2-6-18(20)19-7-3-5-9-21(19)22/h2-9,12,15,17,22-23,29H,10-11,13-14,16H2,1H3. The zero-order chi connectivity index (χ0) is 21.4. The largest absolute Gasteiger partial charge is 0.448 e. The molecule has 5 rings (SSSR count). The van der Waals surface area contributed by atoms with Gasteiger partial charge in [0, 0.05) is 38.4 Å². The van der Waals surface area contributed by atoms with E-state index in [0.717, 1.165) is 12.8 Å². The van der Waals surface area contributed by atoms with Gasteiger partial charge in [-0.1, -0.05) is 48.5 Å².